The summed E-state index contributed by atoms with van der Waals surface area (Å²) in [5, 5.41) is 4.39. The van der Waals surface area contributed by atoms with Crippen molar-refractivity contribution in [3.8, 4) is 5.75 Å². The van der Waals surface area contributed by atoms with E-state index in [-0.39, 0.29) is 5.56 Å². The van der Waals surface area contributed by atoms with Gasteiger partial charge >= 0.3 is 0 Å². The van der Waals surface area contributed by atoms with Gasteiger partial charge in [0, 0.05) is 42.6 Å². The van der Waals surface area contributed by atoms with Crippen LogP contribution < -0.4 is 15.6 Å². The Morgan fingerprint density at radius 1 is 1.22 bits per heavy atom. The Balaban J connectivity index is 1.69. The third-order valence-electron chi connectivity index (χ3n) is 4.33. The van der Waals surface area contributed by atoms with E-state index in [1.807, 2.05) is 31.2 Å². The molecule has 0 radical (unpaired) electrons. The average molecular weight is 315 g/mol. The predicted octanol–water partition coefficient (Wildman–Crippen LogP) is 1.76. The largest absolute Gasteiger partial charge is 0.494 e. The van der Waals surface area contributed by atoms with Gasteiger partial charge in [-0.05, 0) is 50.6 Å². The Hall–Kier alpha value is -1.85. The summed E-state index contributed by atoms with van der Waals surface area (Å²) in [7, 11) is 0. The van der Waals surface area contributed by atoms with Gasteiger partial charge in [-0.2, -0.15) is 0 Å². The molecular weight excluding hydrogens is 290 g/mol. The van der Waals surface area contributed by atoms with Crippen LogP contribution in [-0.2, 0) is 6.42 Å². The Labute approximate surface area is 136 Å². The third-order valence-corrected chi connectivity index (χ3v) is 4.33. The number of piperazine rings is 1. The first-order valence-electron chi connectivity index (χ1n) is 8.48. The minimum absolute atomic E-state index is 0.0296. The van der Waals surface area contributed by atoms with Crippen LogP contribution in [-0.4, -0.2) is 49.2 Å². The van der Waals surface area contributed by atoms with Crippen LogP contribution >= 0.6 is 0 Å². The fraction of sp³-hybridized carbons (Fsp3) is 0.500. The molecule has 2 N–H and O–H groups in total. The maximum absolute atomic E-state index is 12.2. The van der Waals surface area contributed by atoms with Gasteiger partial charge in [0.15, 0.2) is 0 Å². The number of nitrogens with zero attached hydrogens (tertiary/aromatic N) is 1. The first-order valence-corrected chi connectivity index (χ1v) is 8.48. The minimum atomic E-state index is 0.0296. The molecule has 3 rings (SSSR count). The molecule has 0 aliphatic carbocycles. The van der Waals surface area contributed by atoms with Gasteiger partial charge in [0.05, 0.1) is 6.61 Å². The van der Waals surface area contributed by atoms with Gasteiger partial charge in [-0.25, -0.2) is 0 Å². The number of ether oxygens (including phenoxy) is 1. The minimum Gasteiger partial charge on any atom is -0.494 e. The Morgan fingerprint density at radius 2 is 2.04 bits per heavy atom. The maximum atomic E-state index is 12.2. The Kier molecular flexibility index (Phi) is 5.31. The van der Waals surface area contributed by atoms with E-state index in [4.69, 9.17) is 4.74 Å². The zero-order valence-electron chi connectivity index (χ0n) is 13.7. The molecule has 0 atom stereocenters. The van der Waals surface area contributed by atoms with E-state index in [0.29, 0.717) is 6.61 Å². The quantitative estimate of drug-likeness (QED) is 0.853. The fourth-order valence-corrected chi connectivity index (χ4v) is 3.10. The van der Waals surface area contributed by atoms with Gasteiger partial charge in [-0.3, -0.25) is 4.79 Å². The highest BCUT2D eigenvalue weighted by molar-refractivity contribution is 5.80. The van der Waals surface area contributed by atoms with Crippen molar-refractivity contribution in [2.24, 2.45) is 0 Å². The van der Waals surface area contributed by atoms with Gasteiger partial charge in [0.25, 0.3) is 5.56 Å². The van der Waals surface area contributed by atoms with E-state index in [2.05, 4.69) is 15.2 Å². The third kappa shape index (κ3) is 4.12. The van der Waals surface area contributed by atoms with Crippen LogP contribution in [0.4, 0.5) is 0 Å². The SMILES string of the molecule is CCOc1ccc2[nH]c(=O)c(CCCN3CCNCC3)cc2c1. The van der Waals surface area contributed by atoms with Crippen molar-refractivity contribution in [3.05, 3.63) is 40.2 Å². The van der Waals surface area contributed by atoms with E-state index in [1.54, 1.807) is 0 Å². The zero-order valence-corrected chi connectivity index (χ0v) is 13.7. The first kappa shape index (κ1) is 16.0. The van der Waals surface area contributed by atoms with Gasteiger partial charge in [-0.1, -0.05) is 0 Å². The fourth-order valence-electron chi connectivity index (χ4n) is 3.10. The van der Waals surface area contributed by atoms with Gasteiger partial charge in [0.2, 0.25) is 0 Å². The number of fused-ring (bicyclic) bond motifs is 1. The van der Waals surface area contributed by atoms with E-state index in [9.17, 15) is 4.79 Å². The average Bonchev–Trinajstić information content (AvgIpc) is 2.57. The molecule has 124 valence electrons. The van der Waals surface area contributed by atoms with Crippen molar-refractivity contribution >= 4 is 10.9 Å². The van der Waals surface area contributed by atoms with E-state index >= 15 is 0 Å². The van der Waals surface area contributed by atoms with Crippen LogP contribution in [0.1, 0.15) is 18.9 Å². The molecule has 5 heteroatoms. The number of aromatic nitrogens is 1. The molecule has 1 aliphatic heterocycles. The molecule has 1 saturated heterocycles. The van der Waals surface area contributed by atoms with Crippen LogP contribution in [0.2, 0.25) is 0 Å². The van der Waals surface area contributed by atoms with Crippen molar-refractivity contribution in [1.29, 1.82) is 0 Å². The van der Waals surface area contributed by atoms with Gasteiger partial charge in [-0.15, -0.1) is 0 Å². The first-order chi connectivity index (χ1) is 11.3. The number of aromatic amines is 1. The molecule has 0 saturated carbocycles. The molecule has 0 amide bonds. The smallest absolute Gasteiger partial charge is 0.251 e. The normalized spacial score (nSPS) is 15.9. The molecule has 1 aliphatic rings. The van der Waals surface area contributed by atoms with Crippen molar-refractivity contribution < 1.29 is 4.74 Å². The summed E-state index contributed by atoms with van der Waals surface area (Å²) in [5.74, 6) is 0.846. The lowest BCUT2D eigenvalue weighted by Gasteiger charge is -2.26. The number of H-pyrrole nitrogens is 1. The second-order valence-electron chi connectivity index (χ2n) is 6.00. The van der Waals surface area contributed by atoms with E-state index in [1.165, 1.54) is 0 Å². The summed E-state index contributed by atoms with van der Waals surface area (Å²) >= 11 is 0. The lowest BCUT2D eigenvalue weighted by molar-refractivity contribution is 0.238. The maximum Gasteiger partial charge on any atom is 0.251 e. The van der Waals surface area contributed by atoms with Gasteiger partial charge < -0.3 is 19.9 Å². The number of rotatable bonds is 6. The van der Waals surface area contributed by atoms with Crippen LogP contribution in [0.3, 0.4) is 0 Å². The number of hydrogen-bond acceptors (Lipinski definition) is 4. The zero-order chi connectivity index (χ0) is 16.1. The van der Waals surface area contributed by atoms with E-state index < -0.39 is 0 Å². The summed E-state index contributed by atoms with van der Waals surface area (Å²) < 4.78 is 5.54. The van der Waals surface area contributed by atoms with Crippen molar-refractivity contribution in [2.75, 3.05) is 39.3 Å². The van der Waals surface area contributed by atoms with Crippen molar-refractivity contribution in [1.82, 2.24) is 15.2 Å². The highest BCUT2D eigenvalue weighted by Crippen LogP contribution is 2.19. The molecule has 0 unspecified atom stereocenters. The second kappa shape index (κ2) is 7.62. The predicted molar refractivity (Wildman–Crippen MR) is 93.4 cm³/mol. The molecular formula is C18H25N3O2. The number of aryl methyl sites for hydroxylation is 1. The van der Waals surface area contributed by atoms with Crippen LogP contribution in [0.25, 0.3) is 10.9 Å². The summed E-state index contributed by atoms with van der Waals surface area (Å²) in [6, 6.07) is 7.81. The van der Waals surface area contributed by atoms with Gasteiger partial charge in [0.1, 0.15) is 5.75 Å². The highest BCUT2D eigenvalue weighted by atomic mass is 16.5. The molecule has 2 heterocycles. The molecule has 0 bridgehead atoms. The molecule has 23 heavy (non-hydrogen) atoms. The molecule has 2 aromatic rings. The molecule has 5 nitrogen and oxygen atoms in total. The van der Waals surface area contributed by atoms with Crippen LogP contribution in [0.15, 0.2) is 29.1 Å². The van der Waals surface area contributed by atoms with Crippen LogP contribution in [0, 0.1) is 0 Å². The summed E-state index contributed by atoms with van der Waals surface area (Å²) in [4.78, 5) is 17.7. The van der Waals surface area contributed by atoms with Crippen molar-refractivity contribution in [3.63, 3.8) is 0 Å². The highest BCUT2D eigenvalue weighted by Gasteiger charge is 2.10. The Morgan fingerprint density at radius 3 is 2.83 bits per heavy atom. The molecule has 0 spiro atoms. The monoisotopic (exact) mass is 315 g/mol. The lowest BCUT2D eigenvalue weighted by Crippen LogP contribution is -2.43. The van der Waals surface area contributed by atoms with Crippen LogP contribution in [0.5, 0.6) is 5.75 Å². The number of nitrogens with one attached hydrogen (secondary N) is 2. The second-order valence-corrected chi connectivity index (χ2v) is 6.00. The standard InChI is InChI=1S/C18H25N3O2/c1-2-23-16-5-6-17-15(13-16)12-14(18(22)20-17)4-3-9-21-10-7-19-8-11-21/h5-6,12-13,19H,2-4,7-11H2,1H3,(H,20,22). The number of benzene rings is 1. The Bertz CT molecular complexity index is 705. The summed E-state index contributed by atoms with van der Waals surface area (Å²) in [6.45, 7) is 8.01. The van der Waals surface area contributed by atoms with Crippen molar-refractivity contribution in [2.45, 2.75) is 19.8 Å². The number of pyridine rings is 1. The summed E-state index contributed by atoms with van der Waals surface area (Å²) in [6.07, 6.45) is 1.83. The number of hydrogen-bond donors (Lipinski definition) is 2. The molecule has 1 aromatic heterocycles. The lowest BCUT2D eigenvalue weighted by atomic mass is 10.1. The summed E-state index contributed by atoms with van der Waals surface area (Å²) in [5.41, 5.74) is 1.76. The van der Waals surface area contributed by atoms with E-state index in [0.717, 1.165) is 67.8 Å². The molecule has 1 aromatic carbocycles. The topological polar surface area (TPSA) is 57.4 Å². The molecule has 1 fully saturated rings.